The predicted octanol–water partition coefficient (Wildman–Crippen LogP) is 20.1. The zero-order valence-electron chi connectivity index (χ0n) is 52.5. The molecule has 0 aliphatic heterocycles. The van der Waals surface area contributed by atoms with Crippen molar-refractivity contribution in [3.05, 3.63) is 97.2 Å². The zero-order valence-corrected chi connectivity index (χ0v) is 52.5. The standard InChI is InChI=1S/C71H123NO8/c1-6-8-10-12-14-16-18-20-22-24-26-28-29-30-31-32-33-34-35-36-37-38-39-40-41-42-44-46-48-50-52-54-56-58-60-62-69(74)80-67(66-79-71(70(75)76)77-64-63-72(3,4)5)65-78-68(73)61-59-57-55-53-51-49-47-45-43-27-25-23-21-19-17-15-13-11-9-7-2/h8,10,14,16,20,22,26,28,30-31,33-34,36-37,39-40,67,71H,6-7,9,11-13,15,17-19,21,23-25,27,29,32,35,38,41-66H2,1-5H3/p+1/b10-8-,16-14-,22-20-,28-26-,31-30-,34-33-,37-36-,40-39-. The Labute approximate surface area is 492 Å². The van der Waals surface area contributed by atoms with E-state index in [1.54, 1.807) is 0 Å². The highest BCUT2D eigenvalue weighted by Gasteiger charge is 2.25. The summed E-state index contributed by atoms with van der Waals surface area (Å²) in [6.07, 6.45) is 80.7. The van der Waals surface area contributed by atoms with Crippen molar-refractivity contribution >= 4 is 17.9 Å². The van der Waals surface area contributed by atoms with E-state index in [9.17, 15) is 19.5 Å². The molecule has 0 radical (unpaired) electrons. The molecule has 0 aromatic heterocycles. The number of quaternary nitrogens is 1. The summed E-state index contributed by atoms with van der Waals surface area (Å²) in [6.45, 7) is 4.79. The summed E-state index contributed by atoms with van der Waals surface area (Å²) in [4.78, 5) is 37.5. The number of allylic oxidation sites excluding steroid dienone is 16. The van der Waals surface area contributed by atoms with Crippen molar-refractivity contribution < 1.29 is 42.9 Å². The molecule has 0 aromatic carbocycles. The highest BCUT2D eigenvalue weighted by atomic mass is 16.7. The van der Waals surface area contributed by atoms with Crippen molar-refractivity contribution in [1.82, 2.24) is 0 Å². The van der Waals surface area contributed by atoms with Gasteiger partial charge in [-0.1, -0.05) is 284 Å². The van der Waals surface area contributed by atoms with E-state index in [1.807, 2.05) is 21.1 Å². The number of unbranched alkanes of at least 4 members (excludes halogenated alkanes) is 29. The van der Waals surface area contributed by atoms with Crippen molar-refractivity contribution in [2.45, 2.75) is 289 Å². The van der Waals surface area contributed by atoms with Crippen LogP contribution in [-0.2, 0) is 33.3 Å². The molecular weight excluding hydrogens is 995 g/mol. The number of hydrogen-bond donors (Lipinski definition) is 1. The number of rotatable bonds is 60. The molecule has 0 heterocycles. The Hall–Kier alpha value is -3.79. The average Bonchev–Trinajstić information content (AvgIpc) is 3.43. The molecule has 0 rings (SSSR count). The third kappa shape index (κ3) is 61.8. The number of carbonyl (C=O) groups is 3. The molecule has 0 bridgehead atoms. The topological polar surface area (TPSA) is 108 Å². The van der Waals surface area contributed by atoms with Gasteiger partial charge in [0.25, 0.3) is 6.29 Å². The Bertz CT molecular complexity index is 1630. The molecule has 0 aliphatic carbocycles. The number of likely N-dealkylation sites (N-methyl/N-ethyl adjacent to an activating group) is 1. The number of esters is 2. The normalized spacial score (nSPS) is 13.4. The number of carboxylic acids is 1. The van der Waals surface area contributed by atoms with Gasteiger partial charge in [-0.2, -0.15) is 0 Å². The van der Waals surface area contributed by atoms with Crippen LogP contribution in [0.1, 0.15) is 277 Å². The van der Waals surface area contributed by atoms with Gasteiger partial charge < -0.3 is 28.5 Å². The van der Waals surface area contributed by atoms with E-state index in [2.05, 4.69) is 111 Å². The lowest BCUT2D eigenvalue weighted by Gasteiger charge is -2.25. The Balaban J connectivity index is 4.17. The van der Waals surface area contributed by atoms with E-state index in [-0.39, 0.29) is 32.2 Å². The quantitative estimate of drug-likeness (QED) is 0.0211. The fraction of sp³-hybridized carbons (Fsp3) is 0.732. The maximum atomic E-state index is 12.9. The SMILES string of the molecule is CC/C=C\C/C=C\C/C=C\C/C=C\C/C=C\C/C=C\C/C=C\C/C=C\CCCCCCCCCCCCC(=O)OC(COC(=O)CCCCCCCCCCCCCCCCCCCCCC)COC(OCC[N+](C)(C)C)C(=O)O. The van der Waals surface area contributed by atoms with Crippen LogP contribution in [0.3, 0.4) is 0 Å². The lowest BCUT2D eigenvalue weighted by Crippen LogP contribution is -2.40. The fourth-order valence-corrected chi connectivity index (χ4v) is 9.09. The summed E-state index contributed by atoms with van der Waals surface area (Å²) in [5.41, 5.74) is 0. The van der Waals surface area contributed by atoms with Gasteiger partial charge in [-0.15, -0.1) is 0 Å². The van der Waals surface area contributed by atoms with Crippen LogP contribution in [0.4, 0.5) is 0 Å². The summed E-state index contributed by atoms with van der Waals surface area (Å²) in [7, 11) is 5.97. The van der Waals surface area contributed by atoms with Crippen molar-refractivity contribution in [3.8, 4) is 0 Å². The van der Waals surface area contributed by atoms with E-state index in [0.29, 0.717) is 23.9 Å². The van der Waals surface area contributed by atoms with Crippen LogP contribution in [-0.4, -0.2) is 87.4 Å². The molecule has 0 spiro atoms. The molecular formula is C71H124NO8+. The smallest absolute Gasteiger partial charge is 0.361 e. The summed E-state index contributed by atoms with van der Waals surface area (Å²) in [5, 5.41) is 9.73. The van der Waals surface area contributed by atoms with Gasteiger partial charge in [-0.05, 0) is 77.0 Å². The molecule has 2 unspecified atom stereocenters. The molecule has 80 heavy (non-hydrogen) atoms. The van der Waals surface area contributed by atoms with Crippen LogP contribution in [0.5, 0.6) is 0 Å². The molecule has 0 amide bonds. The minimum Gasteiger partial charge on any atom is -0.477 e. The number of nitrogens with zero attached hydrogens (tertiary/aromatic N) is 1. The lowest BCUT2D eigenvalue weighted by molar-refractivity contribution is -0.870. The zero-order chi connectivity index (χ0) is 58.3. The minimum absolute atomic E-state index is 0.184. The van der Waals surface area contributed by atoms with E-state index >= 15 is 0 Å². The van der Waals surface area contributed by atoms with Gasteiger partial charge in [0.2, 0.25) is 0 Å². The summed E-state index contributed by atoms with van der Waals surface area (Å²) < 4.78 is 22.9. The molecule has 460 valence electrons. The molecule has 9 heteroatoms. The first-order chi connectivity index (χ1) is 39.1. The minimum atomic E-state index is -1.51. The highest BCUT2D eigenvalue weighted by Crippen LogP contribution is 2.17. The molecule has 0 aliphatic rings. The van der Waals surface area contributed by atoms with Gasteiger partial charge >= 0.3 is 17.9 Å². The molecule has 0 aromatic rings. The number of carbonyl (C=O) groups excluding carboxylic acids is 2. The van der Waals surface area contributed by atoms with Crippen LogP contribution in [0.2, 0.25) is 0 Å². The van der Waals surface area contributed by atoms with E-state index in [4.69, 9.17) is 18.9 Å². The van der Waals surface area contributed by atoms with Crippen molar-refractivity contribution in [1.29, 1.82) is 0 Å². The maximum absolute atomic E-state index is 12.9. The van der Waals surface area contributed by atoms with E-state index in [0.717, 1.165) is 96.3 Å². The number of ether oxygens (including phenoxy) is 4. The lowest BCUT2D eigenvalue weighted by atomic mass is 10.0. The molecule has 9 nitrogen and oxygen atoms in total. The Kier molecular flexibility index (Phi) is 58.4. The number of hydrogen-bond acceptors (Lipinski definition) is 7. The Morgan fingerprint density at radius 1 is 0.388 bits per heavy atom. The molecule has 0 fully saturated rings. The molecule has 2 atom stereocenters. The first-order valence-electron chi connectivity index (χ1n) is 32.9. The summed E-state index contributed by atoms with van der Waals surface area (Å²) >= 11 is 0. The van der Waals surface area contributed by atoms with Crippen LogP contribution < -0.4 is 0 Å². The van der Waals surface area contributed by atoms with Gasteiger partial charge in [0.05, 0.1) is 34.4 Å². The second-order valence-electron chi connectivity index (χ2n) is 23.1. The van der Waals surface area contributed by atoms with Crippen LogP contribution in [0, 0.1) is 0 Å². The summed E-state index contributed by atoms with van der Waals surface area (Å²) in [5.74, 6) is -2.00. The van der Waals surface area contributed by atoms with Crippen molar-refractivity contribution in [3.63, 3.8) is 0 Å². The summed E-state index contributed by atoms with van der Waals surface area (Å²) in [6, 6.07) is 0. The highest BCUT2D eigenvalue weighted by molar-refractivity contribution is 5.71. The average molecular weight is 1120 g/mol. The maximum Gasteiger partial charge on any atom is 0.361 e. The predicted molar refractivity (Wildman–Crippen MR) is 341 cm³/mol. The first-order valence-corrected chi connectivity index (χ1v) is 32.9. The first kappa shape index (κ1) is 76.2. The van der Waals surface area contributed by atoms with Gasteiger partial charge in [0.1, 0.15) is 13.2 Å². The van der Waals surface area contributed by atoms with E-state index < -0.39 is 24.3 Å². The third-order valence-electron chi connectivity index (χ3n) is 14.1. The van der Waals surface area contributed by atoms with Gasteiger partial charge in [0, 0.05) is 12.8 Å². The molecule has 0 saturated heterocycles. The van der Waals surface area contributed by atoms with Gasteiger partial charge in [0.15, 0.2) is 6.10 Å². The van der Waals surface area contributed by atoms with Gasteiger partial charge in [-0.25, -0.2) is 4.79 Å². The van der Waals surface area contributed by atoms with Gasteiger partial charge in [-0.3, -0.25) is 9.59 Å². The number of aliphatic carboxylic acids is 1. The van der Waals surface area contributed by atoms with Crippen LogP contribution in [0.15, 0.2) is 97.2 Å². The van der Waals surface area contributed by atoms with E-state index in [1.165, 1.54) is 148 Å². The third-order valence-corrected chi connectivity index (χ3v) is 14.1. The Morgan fingerprint density at radius 2 is 0.713 bits per heavy atom. The van der Waals surface area contributed by atoms with Crippen LogP contribution in [0.25, 0.3) is 0 Å². The van der Waals surface area contributed by atoms with Crippen molar-refractivity contribution in [2.24, 2.45) is 0 Å². The van der Waals surface area contributed by atoms with Crippen LogP contribution >= 0.6 is 0 Å². The monoisotopic (exact) mass is 1120 g/mol. The van der Waals surface area contributed by atoms with Crippen molar-refractivity contribution in [2.75, 3.05) is 47.5 Å². The fourth-order valence-electron chi connectivity index (χ4n) is 9.09. The molecule has 1 N–H and O–H groups in total. The largest absolute Gasteiger partial charge is 0.477 e. The second kappa shape index (κ2) is 61.3. The second-order valence-corrected chi connectivity index (χ2v) is 23.1. The molecule has 0 saturated carbocycles. The Morgan fingerprint density at radius 3 is 1.06 bits per heavy atom. The number of carboxylic acid groups (broad SMARTS) is 1.